The van der Waals surface area contributed by atoms with E-state index in [0.29, 0.717) is 12.2 Å². The minimum Gasteiger partial charge on any atom is -0.331 e. The Morgan fingerprint density at radius 3 is 1.62 bits per heavy atom. The topological polar surface area (TPSA) is 17.1 Å². The number of hydrogen-bond donors (Lipinski definition) is 0. The summed E-state index contributed by atoms with van der Waals surface area (Å²) in [5.41, 5.74) is 2.78. The Morgan fingerprint density at radius 1 is 0.724 bits per heavy atom. The van der Waals surface area contributed by atoms with Gasteiger partial charge in [-0.25, -0.2) is 0 Å². The minimum absolute atomic E-state index is 0.298. The maximum atomic E-state index is 13.9. The van der Waals surface area contributed by atoms with E-state index in [9.17, 15) is 4.79 Å². The summed E-state index contributed by atoms with van der Waals surface area (Å²) in [5.74, 6) is 0.298. The molecule has 3 aromatic carbocycles. The predicted molar refractivity (Wildman–Crippen MR) is 121 cm³/mol. The highest BCUT2D eigenvalue weighted by Gasteiger charge is 2.42. The first-order valence-electron chi connectivity index (χ1n) is 10.4. The van der Waals surface area contributed by atoms with Crippen LogP contribution in [0.4, 0.5) is 0 Å². The number of nitrogens with zero attached hydrogens (tertiary/aromatic N) is 1. The summed E-state index contributed by atoms with van der Waals surface area (Å²) < 4.78 is 0.827. The summed E-state index contributed by atoms with van der Waals surface area (Å²) in [4.78, 5) is 13.9. The zero-order valence-corrected chi connectivity index (χ0v) is 17.8. The molecule has 0 heterocycles. The highest BCUT2D eigenvalue weighted by Crippen LogP contribution is 2.38. The van der Waals surface area contributed by atoms with Gasteiger partial charge in [0.05, 0.1) is 33.1 Å². The van der Waals surface area contributed by atoms with E-state index in [1.165, 1.54) is 5.56 Å². The molecule has 0 aliphatic carbocycles. The Kier molecular flexibility index (Phi) is 6.66. The van der Waals surface area contributed by atoms with E-state index < -0.39 is 5.41 Å². The van der Waals surface area contributed by atoms with Gasteiger partial charge in [0.15, 0.2) is 0 Å². The number of hydrogen-bond acceptors (Lipinski definition) is 1. The number of carbonyl (C=O) groups is 1. The van der Waals surface area contributed by atoms with Crippen LogP contribution < -0.4 is 0 Å². The molecular formula is C27H32NO+. The van der Waals surface area contributed by atoms with Gasteiger partial charge in [-0.1, -0.05) is 91.0 Å². The van der Waals surface area contributed by atoms with Gasteiger partial charge >= 0.3 is 0 Å². The number of aryl methyl sites for hydroxylation is 1. The molecule has 0 radical (unpaired) electrons. The molecule has 0 saturated heterocycles. The predicted octanol–water partition coefficient (Wildman–Crippen LogP) is 5.27. The lowest BCUT2D eigenvalue weighted by atomic mass is 9.67. The fourth-order valence-corrected chi connectivity index (χ4v) is 3.98. The summed E-state index contributed by atoms with van der Waals surface area (Å²) in [6, 6.07) is 31.0. The number of benzene rings is 3. The van der Waals surface area contributed by atoms with Crippen LogP contribution >= 0.6 is 0 Å². The van der Waals surface area contributed by atoms with Crippen LogP contribution in [0.2, 0.25) is 0 Å². The number of Topliss-reactive ketones (excluding diaryl/α,β-unsaturated/α-hetero) is 1. The molecule has 3 aromatic rings. The zero-order chi connectivity index (χ0) is 20.7. The largest absolute Gasteiger partial charge is 0.331 e. The molecule has 0 aliphatic heterocycles. The van der Waals surface area contributed by atoms with E-state index in [4.69, 9.17) is 0 Å². The van der Waals surface area contributed by atoms with E-state index in [0.717, 1.165) is 35.0 Å². The molecule has 0 spiro atoms. The van der Waals surface area contributed by atoms with Crippen LogP contribution in [0.1, 0.15) is 29.5 Å². The number of quaternary nitrogens is 1. The summed E-state index contributed by atoms with van der Waals surface area (Å²) in [6.45, 7) is 0.918. The van der Waals surface area contributed by atoms with E-state index >= 15 is 0 Å². The van der Waals surface area contributed by atoms with E-state index in [1.54, 1.807) is 0 Å². The van der Waals surface area contributed by atoms with E-state index in [2.05, 4.69) is 57.5 Å². The molecule has 2 heteroatoms. The lowest BCUT2D eigenvalue weighted by Gasteiger charge is -2.36. The average Bonchev–Trinajstić information content (AvgIpc) is 2.74. The highest BCUT2D eigenvalue weighted by molar-refractivity contribution is 5.94. The third-order valence-corrected chi connectivity index (χ3v) is 5.65. The Hall–Kier alpha value is -2.71. The molecule has 0 N–H and O–H groups in total. The van der Waals surface area contributed by atoms with Gasteiger partial charge in [-0.2, -0.15) is 0 Å². The number of carbonyl (C=O) groups excluding carboxylic acids is 1. The second kappa shape index (κ2) is 9.19. The number of ketones is 1. The maximum Gasteiger partial charge on any atom is 0.148 e. The summed E-state index contributed by atoms with van der Waals surface area (Å²) >= 11 is 0. The van der Waals surface area contributed by atoms with Crippen molar-refractivity contribution in [2.75, 3.05) is 27.7 Å². The Balaban J connectivity index is 2.03. The van der Waals surface area contributed by atoms with Crippen LogP contribution in [0.5, 0.6) is 0 Å². The molecule has 0 saturated carbocycles. The molecule has 0 fully saturated rings. The molecule has 0 unspecified atom stereocenters. The first-order chi connectivity index (χ1) is 13.9. The van der Waals surface area contributed by atoms with Gasteiger partial charge in [0.1, 0.15) is 5.78 Å². The third kappa shape index (κ3) is 5.21. The Bertz CT molecular complexity index is 856. The number of rotatable bonds is 9. The summed E-state index contributed by atoms with van der Waals surface area (Å²) in [7, 11) is 6.57. The first-order valence-corrected chi connectivity index (χ1v) is 10.4. The van der Waals surface area contributed by atoms with Gasteiger partial charge in [0.25, 0.3) is 0 Å². The Labute approximate surface area is 175 Å². The normalized spacial score (nSPS) is 12.0. The second-order valence-corrected chi connectivity index (χ2v) is 8.81. The lowest BCUT2D eigenvalue weighted by molar-refractivity contribution is -0.870. The zero-order valence-electron chi connectivity index (χ0n) is 17.8. The maximum absolute atomic E-state index is 13.9. The van der Waals surface area contributed by atoms with Crippen molar-refractivity contribution in [3.05, 3.63) is 108 Å². The second-order valence-electron chi connectivity index (χ2n) is 8.81. The minimum atomic E-state index is -0.622. The molecule has 150 valence electrons. The quantitative estimate of drug-likeness (QED) is 0.458. The van der Waals surface area contributed by atoms with Crippen LogP contribution in [0, 0.1) is 0 Å². The third-order valence-electron chi connectivity index (χ3n) is 5.65. The van der Waals surface area contributed by atoms with E-state index in [1.807, 2.05) is 54.6 Å². The van der Waals surface area contributed by atoms with Crippen LogP contribution in [-0.4, -0.2) is 38.0 Å². The lowest BCUT2D eigenvalue weighted by Crippen LogP contribution is -2.44. The molecule has 0 atom stereocenters. The van der Waals surface area contributed by atoms with Crippen molar-refractivity contribution in [3.8, 4) is 0 Å². The molecule has 29 heavy (non-hydrogen) atoms. The van der Waals surface area contributed by atoms with Crippen molar-refractivity contribution < 1.29 is 9.28 Å². The molecular weight excluding hydrogens is 354 g/mol. The molecule has 0 bridgehead atoms. The standard InChI is InChI=1S/C27H32NO/c1-28(2,3)22-21-27(24-15-9-5-10-16-24,25-17-11-6-12-18-25)26(29)20-19-23-13-7-4-8-14-23/h4-18H,19-22H2,1-3H3/q+1. The van der Waals surface area contributed by atoms with Gasteiger partial charge in [0, 0.05) is 12.8 Å². The van der Waals surface area contributed by atoms with Crippen molar-refractivity contribution in [3.63, 3.8) is 0 Å². The fourth-order valence-electron chi connectivity index (χ4n) is 3.98. The molecule has 2 nitrogen and oxygen atoms in total. The Morgan fingerprint density at radius 2 is 1.17 bits per heavy atom. The van der Waals surface area contributed by atoms with Gasteiger partial charge in [-0.05, 0) is 23.1 Å². The van der Waals surface area contributed by atoms with Gasteiger partial charge in [-0.3, -0.25) is 4.79 Å². The summed E-state index contributed by atoms with van der Waals surface area (Å²) in [5, 5.41) is 0. The fraction of sp³-hybridized carbons (Fsp3) is 0.296. The van der Waals surface area contributed by atoms with E-state index in [-0.39, 0.29) is 0 Å². The molecule has 3 rings (SSSR count). The van der Waals surface area contributed by atoms with Crippen LogP contribution in [0.25, 0.3) is 0 Å². The smallest absolute Gasteiger partial charge is 0.148 e. The van der Waals surface area contributed by atoms with Crippen LogP contribution in [0.15, 0.2) is 91.0 Å². The van der Waals surface area contributed by atoms with Crippen molar-refractivity contribution in [2.24, 2.45) is 0 Å². The first kappa shape index (κ1) is 21.0. The van der Waals surface area contributed by atoms with Crippen molar-refractivity contribution in [1.29, 1.82) is 0 Å². The monoisotopic (exact) mass is 386 g/mol. The van der Waals surface area contributed by atoms with Crippen molar-refractivity contribution in [2.45, 2.75) is 24.7 Å². The van der Waals surface area contributed by atoms with Crippen LogP contribution in [0.3, 0.4) is 0 Å². The van der Waals surface area contributed by atoms with Crippen LogP contribution in [-0.2, 0) is 16.6 Å². The van der Waals surface area contributed by atoms with Crippen molar-refractivity contribution >= 4 is 5.78 Å². The molecule has 0 amide bonds. The van der Waals surface area contributed by atoms with Gasteiger partial charge in [0.2, 0.25) is 0 Å². The van der Waals surface area contributed by atoms with Crippen molar-refractivity contribution in [1.82, 2.24) is 0 Å². The SMILES string of the molecule is C[N+](C)(C)CCC(C(=O)CCc1ccccc1)(c1ccccc1)c1ccccc1. The van der Waals surface area contributed by atoms with Gasteiger partial charge in [-0.15, -0.1) is 0 Å². The summed E-state index contributed by atoms with van der Waals surface area (Å²) in [6.07, 6.45) is 2.09. The van der Waals surface area contributed by atoms with Gasteiger partial charge < -0.3 is 4.48 Å². The molecule has 0 aromatic heterocycles. The highest BCUT2D eigenvalue weighted by atomic mass is 16.1. The molecule has 0 aliphatic rings. The average molecular weight is 387 g/mol.